The smallest absolute Gasteiger partial charge is 0.273 e. The van der Waals surface area contributed by atoms with Crippen molar-refractivity contribution in [3.8, 4) is 0 Å². The highest BCUT2D eigenvalue weighted by molar-refractivity contribution is 6.04. The van der Waals surface area contributed by atoms with E-state index in [0.717, 1.165) is 37.2 Å². The number of nitrogens with one attached hydrogen (secondary N) is 2. The summed E-state index contributed by atoms with van der Waals surface area (Å²) in [6.45, 7) is 3.67. The largest absolute Gasteiger partial charge is 0.384 e. The number of aliphatic imine (C=N–C) groups is 1. The van der Waals surface area contributed by atoms with Crippen molar-refractivity contribution in [1.82, 2.24) is 20.3 Å². The zero-order valence-electron chi connectivity index (χ0n) is 19.9. The number of aromatic nitrogens is 3. The van der Waals surface area contributed by atoms with Gasteiger partial charge in [0.25, 0.3) is 11.8 Å². The minimum absolute atomic E-state index is 0.0772. The lowest BCUT2D eigenvalue weighted by Gasteiger charge is -2.29. The average molecular weight is 481 g/mol. The van der Waals surface area contributed by atoms with Gasteiger partial charge >= 0.3 is 0 Å². The van der Waals surface area contributed by atoms with Crippen LogP contribution in [0.3, 0.4) is 0 Å². The molecule has 2 amide bonds. The number of nitrogens with two attached hydrogens (primary N) is 1. The van der Waals surface area contributed by atoms with Gasteiger partial charge in [0.05, 0.1) is 25.8 Å². The van der Waals surface area contributed by atoms with E-state index in [-0.39, 0.29) is 29.8 Å². The first-order valence-electron chi connectivity index (χ1n) is 11.6. The highest BCUT2D eigenvalue weighted by Gasteiger charge is 2.12. The number of morpholine rings is 1. The van der Waals surface area contributed by atoms with Crippen LogP contribution in [0.4, 0.5) is 5.69 Å². The summed E-state index contributed by atoms with van der Waals surface area (Å²) < 4.78 is 7.00. The fourth-order valence-corrected chi connectivity index (χ4v) is 3.58. The van der Waals surface area contributed by atoms with E-state index in [4.69, 9.17) is 15.9 Å². The number of ether oxygens (including phenoxy) is 1. The number of carbonyl (C=O) groups is 2. The number of rotatable bonds is 11. The van der Waals surface area contributed by atoms with Crippen LogP contribution in [0.2, 0.25) is 0 Å². The molecule has 0 aliphatic carbocycles. The zero-order valence-corrected chi connectivity index (χ0v) is 19.9. The second-order valence-corrected chi connectivity index (χ2v) is 8.14. The predicted molar refractivity (Wildman–Crippen MR) is 134 cm³/mol. The van der Waals surface area contributed by atoms with E-state index in [0.29, 0.717) is 31.9 Å². The molecule has 186 valence electrons. The van der Waals surface area contributed by atoms with E-state index in [1.165, 1.54) is 6.08 Å². The zero-order chi connectivity index (χ0) is 25.0. The molecule has 2 heterocycles. The molecule has 0 spiro atoms. The Morgan fingerprint density at radius 2 is 2.06 bits per heavy atom. The van der Waals surface area contributed by atoms with Crippen LogP contribution in [0.15, 0.2) is 47.6 Å². The van der Waals surface area contributed by atoms with Crippen LogP contribution in [-0.2, 0) is 22.5 Å². The summed E-state index contributed by atoms with van der Waals surface area (Å²) in [7, 11) is 1.54. The predicted octanol–water partition coefficient (Wildman–Crippen LogP) is 1.35. The second kappa shape index (κ2) is 13.1. The van der Waals surface area contributed by atoms with E-state index >= 15 is 0 Å². The Hall–Kier alpha value is -3.86. The molecule has 3 rings (SSSR count). The summed E-state index contributed by atoms with van der Waals surface area (Å²) in [6, 6.07) is 7.86. The molecule has 1 saturated heterocycles. The van der Waals surface area contributed by atoms with E-state index in [2.05, 4.69) is 25.5 Å². The molecule has 0 bridgehead atoms. The molecule has 0 saturated carbocycles. The monoisotopic (exact) mass is 480 g/mol. The molecule has 11 heteroatoms. The third-order valence-electron chi connectivity index (χ3n) is 5.43. The molecular formula is C24H32N8O3. The Labute approximate surface area is 204 Å². The fourth-order valence-electron chi connectivity index (χ4n) is 3.58. The van der Waals surface area contributed by atoms with Gasteiger partial charge in [-0.3, -0.25) is 14.3 Å². The van der Waals surface area contributed by atoms with E-state index in [9.17, 15) is 9.59 Å². The Morgan fingerprint density at radius 3 is 2.83 bits per heavy atom. The molecule has 0 radical (unpaired) electrons. The number of nitrogens with zero attached hydrogens (tertiary/aromatic N) is 5. The summed E-state index contributed by atoms with van der Waals surface area (Å²) in [5, 5.41) is 18.3. The molecule has 1 aliphatic heterocycles. The molecule has 35 heavy (non-hydrogen) atoms. The number of amidine groups is 1. The number of benzene rings is 1. The lowest BCUT2D eigenvalue weighted by molar-refractivity contribution is -0.117. The Kier molecular flexibility index (Phi) is 9.67. The molecule has 1 aromatic carbocycles. The van der Waals surface area contributed by atoms with Crippen molar-refractivity contribution in [2.75, 3.05) is 38.3 Å². The number of anilines is 1. The molecule has 1 fully saturated rings. The van der Waals surface area contributed by atoms with Gasteiger partial charge in [0, 0.05) is 38.1 Å². The van der Waals surface area contributed by atoms with Crippen LogP contribution in [0, 0.1) is 5.41 Å². The van der Waals surface area contributed by atoms with Crippen molar-refractivity contribution in [2.45, 2.75) is 32.2 Å². The lowest BCUT2D eigenvalue weighted by atomic mass is 10.1. The van der Waals surface area contributed by atoms with Gasteiger partial charge in [-0.25, -0.2) is 0 Å². The highest BCUT2D eigenvalue weighted by atomic mass is 16.5. The number of unbranched alkanes of at least 4 members (excludes halogenated alkanes) is 1. The number of hydrogen-bond acceptors (Lipinski definition) is 7. The van der Waals surface area contributed by atoms with Crippen molar-refractivity contribution >= 4 is 29.0 Å². The first-order valence-corrected chi connectivity index (χ1v) is 11.6. The van der Waals surface area contributed by atoms with Crippen LogP contribution in [-0.4, -0.2) is 71.7 Å². The number of hydrogen-bond donors (Lipinski definition) is 3. The van der Waals surface area contributed by atoms with Crippen LogP contribution in [0.1, 0.15) is 35.3 Å². The maximum absolute atomic E-state index is 12.3. The van der Waals surface area contributed by atoms with Crippen LogP contribution in [0.5, 0.6) is 0 Å². The number of carbonyl (C=O) groups excluding carboxylic acids is 2. The molecule has 11 nitrogen and oxygen atoms in total. The highest BCUT2D eigenvalue weighted by Crippen LogP contribution is 2.18. The number of aryl methyl sites for hydroxylation is 1. The van der Waals surface area contributed by atoms with Crippen LogP contribution in [0.25, 0.3) is 0 Å². The molecule has 1 aliphatic rings. The molecular weight excluding hydrogens is 448 g/mol. The molecule has 1 aromatic heterocycles. The van der Waals surface area contributed by atoms with Crippen molar-refractivity contribution < 1.29 is 14.3 Å². The summed E-state index contributed by atoms with van der Waals surface area (Å²) in [5.41, 5.74) is 8.47. The SMILES string of the molecule is CNC(=O)c1cn(CCCCC(=N)/C=C\C(N)=NC(=O)Cc2cccc(N3CCOCC3)c2)nn1. The molecule has 0 unspecified atom stereocenters. The molecule has 2 aromatic rings. The second-order valence-electron chi connectivity index (χ2n) is 8.14. The summed E-state index contributed by atoms with van der Waals surface area (Å²) in [4.78, 5) is 30.0. The topological polar surface area (TPSA) is 152 Å². The van der Waals surface area contributed by atoms with Gasteiger partial charge in [-0.1, -0.05) is 17.3 Å². The van der Waals surface area contributed by atoms with Gasteiger partial charge in [-0.05, 0) is 49.1 Å². The molecule has 4 N–H and O–H groups in total. The summed E-state index contributed by atoms with van der Waals surface area (Å²) in [5.74, 6) is -0.530. The summed E-state index contributed by atoms with van der Waals surface area (Å²) >= 11 is 0. The molecule has 0 atom stereocenters. The maximum atomic E-state index is 12.3. The van der Waals surface area contributed by atoms with Crippen molar-refractivity contribution in [1.29, 1.82) is 5.41 Å². The average Bonchev–Trinajstić information content (AvgIpc) is 3.34. The normalized spacial score (nSPS) is 14.3. The van der Waals surface area contributed by atoms with Gasteiger partial charge in [0.15, 0.2) is 5.69 Å². The van der Waals surface area contributed by atoms with Crippen molar-refractivity contribution in [3.63, 3.8) is 0 Å². The van der Waals surface area contributed by atoms with Gasteiger partial charge in [0.1, 0.15) is 5.84 Å². The van der Waals surface area contributed by atoms with Crippen LogP contribution < -0.4 is 16.0 Å². The summed E-state index contributed by atoms with van der Waals surface area (Å²) in [6.07, 6.45) is 6.88. The Morgan fingerprint density at radius 1 is 1.26 bits per heavy atom. The minimum atomic E-state index is -0.332. The van der Waals surface area contributed by atoms with Gasteiger partial charge in [0.2, 0.25) is 0 Å². The van der Waals surface area contributed by atoms with Crippen molar-refractivity contribution in [3.05, 3.63) is 53.9 Å². The van der Waals surface area contributed by atoms with E-state index in [1.807, 2.05) is 24.3 Å². The number of amides is 2. The van der Waals surface area contributed by atoms with Gasteiger partial charge in [-0.2, -0.15) is 4.99 Å². The lowest BCUT2D eigenvalue weighted by Crippen LogP contribution is -2.36. The third kappa shape index (κ3) is 8.45. The Balaban J connectivity index is 1.40. The Bertz CT molecular complexity index is 1090. The standard InChI is InChI=1S/C24H32N8O3/c1-27-24(34)21-17-32(30-29-21)10-3-2-6-19(25)8-9-22(26)28-23(33)16-18-5-4-7-20(15-18)31-11-13-35-14-12-31/h4-5,7-9,15,17,25H,2-3,6,10-14,16H2,1H3,(H,27,34)(H2,26,28,33)/b9-8-,25-19?. The van der Waals surface area contributed by atoms with Gasteiger partial charge in [-0.15, -0.1) is 5.10 Å². The fraction of sp³-hybridized carbons (Fsp3) is 0.417. The van der Waals surface area contributed by atoms with E-state index in [1.54, 1.807) is 24.0 Å². The number of allylic oxidation sites excluding steroid dienone is 1. The first kappa shape index (κ1) is 25.8. The minimum Gasteiger partial charge on any atom is -0.384 e. The van der Waals surface area contributed by atoms with Gasteiger partial charge < -0.3 is 26.1 Å². The van der Waals surface area contributed by atoms with Crippen molar-refractivity contribution in [2.24, 2.45) is 10.7 Å². The third-order valence-corrected chi connectivity index (χ3v) is 5.43. The van der Waals surface area contributed by atoms with E-state index < -0.39 is 0 Å². The van der Waals surface area contributed by atoms with Crippen LogP contribution >= 0.6 is 0 Å². The first-order chi connectivity index (χ1) is 16.9. The maximum Gasteiger partial charge on any atom is 0.273 e. The quantitative estimate of drug-likeness (QED) is 0.249.